The number of carbonyl (C=O) groups excluding carboxylic acids is 1. The molecule has 1 amide bonds. The molecule has 26 heavy (non-hydrogen) atoms. The van der Waals surface area contributed by atoms with Crippen LogP contribution in [0.3, 0.4) is 0 Å². The molecular weight excluding hydrogens is 359 g/mol. The van der Waals surface area contributed by atoms with E-state index in [1.54, 1.807) is 27.8 Å². The Hall–Kier alpha value is -2.16. The zero-order chi connectivity index (χ0) is 19.6. The minimum atomic E-state index is -1.51. The Morgan fingerprint density at radius 2 is 2.12 bits per heavy atom. The predicted octanol–water partition coefficient (Wildman–Crippen LogP) is 2.72. The summed E-state index contributed by atoms with van der Waals surface area (Å²) in [6.07, 6.45) is -0.208. The molecule has 3 unspecified atom stereocenters. The Morgan fingerprint density at radius 1 is 1.46 bits per heavy atom. The normalized spacial score (nSPS) is 23.4. The highest BCUT2D eigenvalue weighted by Crippen LogP contribution is 2.34. The number of rotatable bonds is 2. The predicted molar refractivity (Wildman–Crippen MR) is 100 cm³/mol. The van der Waals surface area contributed by atoms with Crippen LogP contribution >= 0.6 is 0 Å². The van der Waals surface area contributed by atoms with Crippen molar-refractivity contribution in [2.75, 3.05) is 12.8 Å². The molecule has 3 N–H and O–H groups in total. The van der Waals surface area contributed by atoms with Crippen molar-refractivity contribution in [3.8, 4) is 0 Å². The summed E-state index contributed by atoms with van der Waals surface area (Å²) in [5.74, 6) is -0.418. The number of amides is 1. The Morgan fingerprint density at radius 3 is 2.69 bits per heavy atom. The quantitative estimate of drug-likeness (QED) is 0.766. The number of alkyl carbamates (subject to hydrolysis) is 1. The highest BCUT2D eigenvalue weighted by molar-refractivity contribution is 7.84. The summed E-state index contributed by atoms with van der Waals surface area (Å²) in [5, 5.41) is 2.06. The molecule has 1 aromatic carbocycles. The number of nitrogens with one attached hydrogen (secondary N) is 1. The van der Waals surface area contributed by atoms with Crippen molar-refractivity contribution in [1.29, 1.82) is 0 Å². The maximum Gasteiger partial charge on any atom is 0.414 e. The van der Waals surface area contributed by atoms with Crippen LogP contribution in [-0.4, -0.2) is 38.5 Å². The number of carbonyl (C=O) groups is 1. The molecule has 144 valence electrons. The molecule has 9 heteroatoms. The molecule has 1 aromatic rings. The number of nitrogens with zero attached hydrogens (tertiary/aromatic N) is 2. The van der Waals surface area contributed by atoms with Crippen molar-refractivity contribution in [1.82, 2.24) is 9.62 Å². The van der Waals surface area contributed by atoms with Crippen molar-refractivity contribution < 1.29 is 18.1 Å². The van der Waals surface area contributed by atoms with Gasteiger partial charge in [0.15, 0.2) is 0 Å². The number of halogens is 1. The molecule has 0 fully saturated rings. The maximum absolute atomic E-state index is 14.4. The van der Waals surface area contributed by atoms with E-state index >= 15 is 0 Å². The van der Waals surface area contributed by atoms with E-state index in [4.69, 9.17) is 10.5 Å². The van der Waals surface area contributed by atoms with Gasteiger partial charge in [-0.05, 0) is 45.4 Å². The molecule has 0 saturated heterocycles. The first-order valence-corrected chi connectivity index (χ1v) is 9.47. The molecule has 1 heterocycles. The third-order valence-corrected chi connectivity index (χ3v) is 5.62. The van der Waals surface area contributed by atoms with E-state index in [0.29, 0.717) is 12.1 Å². The highest BCUT2D eigenvalue weighted by Gasteiger charge is 2.38. The van der Waals surface area contributed by atoms with Gasteiger partial charge in [-0.2, -0.15) is 0 Å². The average Bonchev–Trinajstić information content (AvgIpc) is 2.52. The number of nitrogens with two attached hydrogens (primary N) is 1. The lowest BCUT2D eigenvalue weighted by Gasteiger charge is -2.34. The molecule has 0 bridgehead atoms. The molecule has 1 aliphatic heterocycles. The van der Waals surface area contributed by atoms with Gasteiger partial charge in [-0.15, -0.1) is 0 Å². The van der Waals surface area contributed by atoms with Crippen molar-refractivity contribution in [2.24, 2.45) is 4.99 Å². The van der Waals surface area contributed by atoms with Crippen LogP contribution in [0.4, 0.5) is 14.9 Å². The van der Waals surface area contributed by atoms with E-state index in [2.05, 4.69) is 10.3 Å². The fourth-order valence-corrected chi connectivity index (χ4v) is 4.01. The lowest BCUT2D eigenvalue weighted by molar-refractivity contribution is 0.0559. The Bertz CT molecular complexity index is 748. The highest BCUT2D eigenvalue weighted by atomic mass is 32.2. The lowest BCUT2D eigenvalue weighted by atomic mass is 10.0. The lowest BCUT2D eigenvalue weighted by Crippen LogP contribution is -2.51. The molecular formula is C17H25FN4O3S. The van der Waals surface area contributed by atoms with Gasteiger partial charge in [0, 0.05) is 18.3 Å². The standard InChI is InChI=1S/C17H25FN4O3S/c1-6-13-14(11-9-10(19)7-8-12(11)18)20-15(22(5)26(13)24)21-16(23)25-17(2,3)4/h7-9,13-14H,6,19H2,1-5H3,(H,20,21,23). The van der Waals surface area contributed by atoms with Gasteiger partial charge in [0.05, 0.1) is 11.3 Å². The number of aliphatic imine (C=N–C) groups is 1. The average molecular weight is 384 g/mol. The second kappa shape index (κ2) is 7.61. The minimum Gasteiger partial charge on any atom is -0.444 e. The number of hydrogen-bond donors (Lipinski definition) is 2. The van der Waals surface area contributed by atoms with E-state index in [1.165, 1.54) is 22.5 Å². The van der Waals surface area contributed by atoms with Crippen molar-refractivity contribution in [3.63, 3.8) is 0 Å². The molecule has 0 spiro atoms. The third kappa shape index (κ3) is 4.51. The fourth-order valence-electron chi connectivity index (χ4n) is 2.63. The number of anilines is 1. The second-order valence-electron chi connectivity index (χ2n) is 7.03. The van der Waals surface area contributed by atoms with Gasteiger partial charge in [-0.25, -0.2) is 18.4 Å². The van der Waals surface area contributed by atoms with Crippen molar-refractivity contribution >= 4 is 28.7 Å². The Balaban J connectivity index is 2.41. The van der Waals surface area contributed by atoms with E-state index in [0.717, 1.165) is 0 Å². The zero-order valence-corrected chi connectivity index (χ0v) is 16.4. The molecule has 0 radical (unpaired) electrons. The van der Waals surface area contributed by atoms with E-state index in [1.807, 2.05) is 6.92 Å². The third-order valence-electron chi connectivity index (χ3n) is 3.79. The second-order valence-corrected chi connectivity index (χ2v) is 8.73. The van der Waals surface area contributed by atoms with Crippen molar-refractivity contribution in [3.05, 3.63) is 29.6 Å². The van der Waals surface area contributed by atoms with Gasteiger partial charge >= 0.3 is 6.09 Å². The summed E-state index contributed by atoms with van der Waals surface area (Å²) >= 11 is 0. The first-order chi connectivity index (χ1) is 12.0. The van der Waals surface area contributed by atoms with Gasteiger partial charge in [-0.3, -0.25) is 9.62 Å². The van der Waals surface area contributed by atoms with Gasteiger partial charge in [0.1, 0.15) is 22.4 Å². The van der Waals surface area contributed by atoms with Gasteiger partial charge in [0.2, 0.25) is 5.96 Å². The van der Waals surface area contributed by atoms with E-state index < -0.39 is 39.8 Å². The molecule has 0 saturated carbocycles. The molecule has 0 aromatic heterocycles. The van der Waals surface area contributed by atoms with Crippen LogP contribution in [0.1, 0.15) is 45.7 Å². The summed E-state index contributed by atoms with van der Waals surface area (Å²) in [4.78, 5) is 16.5. The summed E-state index contributed by atoms with van der Waals surface area (Å²) < 4.78 is 33.7. The fraction of sp³-hybridized carbons (Fsp3) is 0.529. The minimum absolute atomic E-state index is 0.0640. The number of nitrogen functional groups attached to an aromatic ring is 1. The summed E-state index contributed by atoms with van der Waals surface area (Å²) in [6.45, 7) is 7.05. The number of benzene rings is 1. The number of ether oxygens (including phenoxy) is 1. The molecule has 1 aliphatic rings. The maximum atomic E-state index is 14.4. The number of hydrogen-bond acceptors (Lipinski definition) is 5. The van der Waals surface area contributed by atoms with E-state index in [-0.39, 0.29) is 11.5 Å². The van der Waals surface area contributed by atoms with Gasteiger partial charge in [0.25, 0.3) is 0 Å². The summed E-state index contributed by atoms with van der Waals surface area (Å²) in [6, 6.07) is 3.47. The SMILES string of the molecule is CCC1C(c2cc(N)ccc2F)N=C(NC(=O)OC(C)(C)C)N(C)S1=O. The van der Waals surface area contributed by atoms with Crippen LogP contribution in [0, 0.1) is 5.82 Å². The smallest absolute Gasteiger partial charge is 0.414 e. The van der Waals surface area contributed by atoms with Crippen LogP contribution in [0.25, 0.3) is 0 Å². The van der Waals surface area contributed by atoms with E-state index in [9.17, 15) is 13.4 Å². The first-order valence-electron chi connectivity index (χ1n) is 8.30. The summed E-state index contributed by atoms with van der Waals surface area (Å²) in [7, 11) is 0.0434. The monoisotopic (exact) mass is 384 g/mol. The molecule has 2 rings (SSSR count). The van der Waals surface area contributed by atoms with Crippen LogP contribution in [0.5, 0.6) is 0 Å². The van der Waals surface area contributed by atoms with Crippen LogP contribution < -0.4 is 11.1 Å². The Labute approximate surface area is 155 Å². The van der Waals surface area contributed by atoms with Crippen LogP contribution in [-0.2, 0) is 15.7 Å². The first kappa shape index (κ1) is 20.2. The van der Waals surface area contributed by atoms with Crippen LogP contribution in [0.2, 0.25) is 0 Å². The number of guanidine groups is 1. The van der Waals surface area contributed by atoms with Gasteiger partial charge in [-0.1, -0.05) is 6.92 Å². The largest absolute Gasteiger partial charge is 0.444 e. The van der Waals surface area contributed by atoms with Crippen LogP contribution in [0.15, 0.2) is 23.2 Å². The molecule has 7 nitrogen and oxygen atoms in total. The zero-order valence-electron chi connectivity index (χ0n) is 15.6. The van der Waals surface area contributed by atoms with Crippen molar-refractivity contribution in [2.45, 2.75) is 51.0 Å². The van der Waals surface area contributed by atoms with Gasteiger partial charge < -0.3 is 10.5 Å². The molecule has 3 atom stereocenters. The summed E-state index contributed by atoms with van der Waals surface area (Å²) in [5.41, 5.74) is 5.72. The molecule has 0 aliphatic carbocycles. The topological polar surface area (TPSA) is 97.0 Å². The Kier molecular flexibility index (Phi) is 5.90.